The lowest BCUT2D eigenvalue weighted by atomic mass is 10.1. The second-order valence-electron chi connectivity index (χ2n) is 5.84. The third kappa shape index (κ3) is 5.51. The molecule has 26 heavy (non-hydrogen) atoms. The van der Waals surface area contributed by atoms with E-state index in [-0.39, 0.29) is 18.7 Å². The van der Waals surface area contributed by atoms with Gasteiger partial charge in [-0.05, 0) is 29.7 Å². The fourth-order valence-corrected chi connectivity index (χ4v) is 2.61. The molecular weight excluding hydrogens is 334 g/mol. The summed E-state index contributed by atoms with van der Waals surface area (Å²) in [5, 5.41) is 11.9. The van der Waals surface area contributed by atoms with Crippen LogP contribution in [0.2, 0.25) is 0 Å². The van der Waals surface area contributed by atoms with E-state index in [9.17, 15) is 14.7 Å². The molecule has 2 N–H and O–H groups in total. The Bertz CT molecular complexity index is 745. The molecule has 0 saturated carbocycles. The number of hydrogen-bond donors (Lipinski definition) is 2. The first-order valence-corrected chi connectivity index (χ1v) is 8.30. The minimum atomic E-state index is -1.05. The Morgan fingerprint density at radius 1 is 1.00 bits per heavy atom. The van der Waals surface area contributed by atoms with Gasteiger partial charge >= 0.3 is 5.97 Å². The van der Waals surface area contributed by atoms with E-state index < -0.39 is 12.0 Å². The smallest absolute Gasteiger partial charge is 0.326 e. The highest BCUT2D eigenvalue weighted by Crippen LogP contribution is 2.27. The molecule has 0 saturated heterocycles. The number of methoxy groups -OCH3 is 2. The van der Waals surface area contributed by atoms with E-state index in [1.807, 2.05) is 42.5 Å². The number of amides is 1. The van der Waals surface area contributed by atoms with E-state index >= 15 is 0 Å². The fraction of sp³-hybridized carbons (Fsp3) is 0.300. The zero-order valence-corrected chi connectivity index (χ0v) is 14.9. The van der Waals surface area contributed by atoms with Crippen molar-refractivity contribution in [2.24, 2.45) is 0 Å². The third-order valence-corrected chi connectivity index (χ3v) is 4.00. The largest absolute Gasteiger partial charge is 0.493 e. The van der Waals surface area contributed by atoms with Crippen LogP contribution in [0, 0.1) is 0 Å². The zero-order valence-electron chi connectivity index (χ0n) is 14.9. The summed E-state index contributed by atoms with van der Waals surface area (Å²) in [5.74, 6) is -0.135. The van der Waals surface area contributed by atoms with Crippen LogP contribution in [0.25, 0.3) is 0 Å². The predicted octanol–water partition coefficient (Wildman–Crippen LogP) is 2.45. The second-order valence-corrected chi connectivity index (χ2v) is 5.84. The second kappa shape index (κ2) is 9.46. The predicted molar refractivity (Wildman–Crippen MR) is 97.6 cm³/mol. The summed E-state index contributed by atoms with van der Waals surface area (Å²) in [6.07, 6.45) is 0.913. The molecule has 0 unspecified atom stereocenters. The topological polar surface area (TPSA) is 84.9 Å². The Morgan fingerprint density at radius 2 is 1.69 bits per heavy atom. The molecule has 2 rings (SSSR count). The number of carboxylic acids is 1. The van der Waals surface area contributed by atoms with Crippen LogP contribution in [0.15, 0.2) is 48.5 Å². The van der Waals surface area contributed by atoms with Crippen molar-refractivity contribution in [1.29, 1.82) is 0 Å². The molecule has 0 bridgehead atoms. The van der Waals surface area contributed by atoms with Crippen LogP contribution in [0.5, 0.6) is 11.5 Å². The first-order chi connectivity index (χ1) is 12.5. The number of aliphatic carboxylic acids is 1. The summed E-state index contributed by atoms with van der Waals surface area (Å²) in [7, 11) is 3.11. The summed E-state index contributed by atoms with van der Waals surface area (Å²) >= 11 is 0. The van der Waals surface area contributed by atoms with Crippen LogP contribution in [-0.2, 0) is 22.4 Å². The van der Waals surface area contributed by atoms with Gasteiger partial charge in [0.2, 0.25) is 5.91 Å². The number of carboxylic acid groups (broad SMARTS) is 1. The molecule has 0 aliphatic rings. The van der Waals surface area contributed by atoms with Crippen LogP contribution >= 0.6 is 0 Å². The summed E-state index contributed by atoms with van der Waals surface area (Å²) < 4.78 is 10.4. The minimum absolute atomic E-state index is 0.189. The molecule has 0 aliphatic heterocycles. The monoisotopic (exact) mass is 357 g/mol. The van der Waals surface area contributed by atoms with E-state index in [2.05, 4.69) is 5.32 Å². The molecule has 2 aromatic carbocycles. The maximum atomic E-state index is 12.2. The van der Waals surface area contributed by atoms with E-state index in [0.717, 1.165) is 11.1 Å². The number of benzene rings is 2. The van der Waals surface area contributed by atoms with Gasteiger partial charge in [-0.25, -0.2) is 4.79 Å². The first kappa shape index (κ1) is 19.3. The molecule has 0 aliphatic carbocycles. The van der Waals surface area contributed by atoms with Crippen molar-refractivity contribution in [3.05, 3.63) is 59.7 Å². The van der Waals surface area contributed by atoms with Gasteiger partial charge in [-0.1, -0.05) is 36.4 Å². The number of rotatable bonds is 9. The Hall–Kier alpha value is -3.02. The number of aryl methyl sites for hydroxylation is 1. The molecule has 6 nitrogen and oxygen atoms in total. The minimum Gasteiger partial charge on any atom is -0.493 e. The van der Waals surface area contributed by atoms with Crippen LogP contribution in [0.1, 0.15) is 17.5 Å². The standard InChI is InChI=1S/C20H23NO5/c1-25-17-10-8-15(13-18(17)26-2)9-11-19(22)21-16(20(23)24)12-14-6-4-3-5-7-14/h3-8,10,13,16H,9,11-12H2,1-2H3,(H,21,22)(H,23,24)/t16-/m1/s1. The summed E-state index contributed by atoms with van der Waals surface area (Å²) in [4.78, 5) is 23.6. The average Bonchev–Trinajstić information content (AvgIpc) is 2.66. The Labute approximate surface area is 152 Å². The van der Waals surface area contributed by atoms with Gasteiger partial charge in [0.25, 0.3) is 0 Å². The van der Waals surface area contributed by atoms with Crippen LogP contribution in [0.4, 0.5) is 0 Å². The van der Waals surface area contributed by atoms with Crippen LogP contribution < -0.4 is 14.8 Å². The maximum absolute atomic E-state index is 12.2. The number of carbonyl (C=O) groups is 2. The van der Waals surface area contributed by atoms with E-state index in [4.69, 9.17) is 9.47 Å². The third-order valence-electron chi connectivity index (χ3n) is 4.00. The quantitative estimate of drug-likeness (QED) is 0.720. The van der Waals surface area contributed by atoms with Crippen molar-refractivity contribution >= 4 is 11.9 Å². The van der Waals surface area contributed by atoms with Crippen LogP contribution in [0.3, 0.4) is 0 Å². The summed E-state index contributed by atoms with van der Waals surface area (Å²) in [6, 6.07) is 13.7. The zero-order chi connectivity index (χ0) is 18.9. The van der Waals surface area contributed by atoms with E-state index in [1.54, 1.807) is 20.3 Å². The molecule has 1 amide bonds. The highest BCUT2D eigenvalue weighted by Gasteiger charge is 2.20. The number of nitrogens with one attached hydrogen (secondary N) is 1. The van der Waals surface area contributed by atoms with E-state index in [1.165, 1.54) is 0 Å². The number of carbonyl (C=O) groups excluding carboxylic acids is 1. The molecule has 1 atom stereocenters. The Kier molecular flexibility index (Phi) is 7.02. The fourth-order valence-electron chi connectivity index (χ4n) is 2.61. The Morgan fingerprint density at radius 3 is 2.31 bits per heavy atom. The average molecular weight is 357 g/mol. The van der Waals surface area contributed by atoms with Gasteiger partial charge in [0.1, 0.15) is 6.04 Å². The molecular formula is C20H23NO5. The SMILES string of the molecule is COc1ccc(CCC(=O)N[C@H](Cc2ccccc2)C(=O)O)cc1OC. The van der Waals surface area contributed by atoms with Gasteiger partial charge in [0.15, 0.2) is 11.5 Å². The lowest BCUT2D eigenvalue weighted by Crippen LogP contribution is -2.42. The van der Waals surface area contributed by atoms with Gasteiger partial charge in [0, 0.05) is 12.8 Å². The first-order valence-electron chi connectivity index (χ1n) is 8.30. The van der Waals surface area contributed by atoms with Crippen molar-refractivity contribution in [3.8, 4) is 11.5 Å². The molecule has 138 valence electrons. The van der Waals surface area contributed by atoms with Gasteiger partial charge in [-0.2, -0.15) is 0 Å². The Balaban J connectivity index is 1.93. The van der Waals surface area contributed by atoms with Crippen molar-refractivity contribution < 1.29 is 24.2 Å². The molecule has 0 heterocycles. The summed E-state index contributed by atoms with van der Waals surface area (Å²) in [6.45, 7) is 0. The molecule has 6 heteroatoms. The highest BCUT2D eigenvalue weighted by molar-refractivity contribution is 5.83. The molecule has 0 spiro atoms. The van der Waals surface area contributed by atoms with E-state index in [0.29, 0.717) is 17.9 Å². The van der Waals surface area contributed by atoms with Crippen molar-refractivity contribution in [2.75, 3.05) is 14.2 Å². The maximum Gasteiger partial charge on any atom is 0.326 e. The van der Waals surface area contributed by atoms with Gasteiger partial charge in [-0.3, -0.25) is 4.79 Å². The molecule has 0 radical (unpaired) electrons. The number of hydrogen-bond acceptors (Lipinski definition) is 4. The van der Waals surface area contributed by atoms with Crippen molar-refractivity contribution in [2.45, 2.75) is 25.3 Å². The van der Waals surface area contributed by atoms with Crippen LogP contribution in [-0.4, -0.2) is 37.2 Å². The van der Waals surface area contributed by atoms with Gasteiger partial charge in [0.05, 0.1) is 14.2 Å². The lowest BCUT2D eigenvalue weighted by Gasteiger charge is -2.15. The van der Waals surface area contributed by atoms with Gasteiger partial charge < -0.3 is 19.9 Å². The van der Waals surface area contributed by atoms with Gasteiger partial charge in [-0.15, -0.1) is 0 Å². The number of ether oxygens (including phenoxy) is 2. The molecule has 0 fully saturated rings. The van der Waals surface area contributed by atoms with Crippen molar-refractivity contribution in [3.63, 3.8) is 0 Å². The normalized spacial score (nSPS) is 11.5. The lowest BCUT2D eigenvalue weighted by molar-refractivity contribution is -0.141. The molecule has 0 aromatic heterocycles. The summed E-state index contributed by atoms with van der Waals surface area (Å²) in [5.41, 5.74) is 1.77. The van der Waals surface area contributed by atoms with Crippen molar-refractivity contribution in [1.82, 2.24) is 5.32 Å². The highest BCUT2D eigenvalue weighted by atomic mass is 16.5. The molecule has 2 aromatic rings.